The van der Waals surface area contributed by atoms with Crippen LogP contribution < -0.4 is 0 Å². The Labute approximate surface area is 92.8 Å². The van der Waals surface area contributed by atoms with Crippen LogP contribution in [0.4, 0.5) is 0 Å². The molecule has 3 rings (SSSR count). The van der Waals surface area contributed by atoms with Gasteiger partial charge < -0.3 is 9.40 Å². The summed E-state index contributed by atoms with van der Waals surface area (Å²) in [5, 5.41) is 0. The summed E-state index contributed by atoms with van der Waals surface area (Å²) in [4.78, 5) is 7.33. The second-order valence-electron chi connectivity index (χ2n) is 3.51. The maximum absolute atomic E-state index is 5.00. The molecule has 0 spiro atoms. The number of benzene rings is 1. The first-order chi connectivity index (χ1) is 7.95. The smallest absolute Gasteiger partial charge is 0.181 e. The Morgan fingerprint density at radius 2 is 1.94 bits per heavy atom. The molecule has 0 aliphatic heterocycles. The fourth-order valence-corrected chi connectivity index (χ4v) is 1.78. The highest BCUT2D eigenvalue weighted by atomic mass is 16.3. The van der Waals surface area contributed by atoms with Crippen molar-refractivity contribution < 1.29 is 4.42 Å². The fourth-order valence-electron chi connectivity index (χ4n) is 1.78. The van der Waals surface area contributed by atoms with Gasteiger partial charge in [0, 0.05) is 11.8 Å². The maximum Gasteiger partial charge on any atom is 0.181 e. The Hall–Kier alpha value is -2.29. The van der Waals surface area contributed by atoms with E-state index in [-0.39, 0.29) is 0 Å². The first-order valence-corrected chi connectivity index (χ1v) is 5.06. The number of nitrogens with one attached hydrogen (secondary N) is 1. The normalized spacial score (nSPS) is 10.5. The zero-order valence-electron chi connectivity index (χ0n) is 8.55. The summed E-state index contributed by atoms with van der Waals surface area (Å²) in [6.07, 6.45) is 4.98. The van der Waals surface area contributed by atoms with Crippen LogP contribution in [-0.2, 0) is 0 Å². The van der Waals surface area contributed by atoms with Gasteiger partial charge in [-0.15, -0.1) is 0 Å². The molecule has 78 valence electrons. The number of H-pyrrole nitrogens is 1. The molecule has 1 N–H and O–H groups in total. The quantitative estimate of drug-likeness (QED) is 0.704. The van der Waals surface area contributed by atoms with Crippen molar-refractivity contribution in [2.75, 3.05) is 0 Å². The molecule has 0 atom stereocenters. The number of oxazole rings is 1. The molecule has 0 saturated heterocycles. The lowest BCUT2D eigenvalue weighted by atomic mass is 10.1. The van der Waals surface area contributed by atoms with Gasteiger partial charge in [0.1, 0.15) is 12.0 Å². The Morgan fingerprint density at radius 3 is 2.69 bits per heavy atom. The zero-order chi connectivity index (χ0) is 10.8. The van der Waals surface area contributed by atoms with Crippen molar-refractivity contribution in [2.45, 2.75) is 0 Å². The van der Waals surface area contributed by atoms with Crippen molar-refractivity contribution in [3.63, 3.8) is 0 Å². The monoisotopic (exact) mass is 210 g/mol. The predicted molar refractivity (Wildman–Crippen MR) is 61.7 cm³/mol. The number of aromatic nitrogens is 2. The Bertz CT molecular complexity index is 567. The van der Waals surface area contributed by atoms with Gasteiger partial charge in [0.25, 0.3) is 0 Å². The SMILES string of the molecule is c1ccc(-c2cc[nH]c2-c2cocn2)cc1. The predicted octanol–water partition coefficient (Wildman–Crippen LogP) is 3.34. The van der Waals surface area contributed by atoms with Gasteiger partial charge in [-0.05, 0) is 11.6 Å². The van der Waals surface area contributed by atoms with Crippen molar-refractivity contribution >= 4 is 0 Å². The van der Waals surface area contributed by atoms with Crippen LogP contribution in [0.15, 0.2) is 59.7 Å². The Balaban J connectivity index is 2.14. The first-order valence-electron chi connectivity index (χ1n) is 5.06. The van der Waals surface area contributed by atoms with Crippen LogP contribution in [-0.4, -0.2) is 9.97 Å². The number of nitrogens with zero attached hydrogens (tertiary/aromatic N) is 1. The second kappa shape index (κ2) is 3.70. The lowest BCUT2D eigenvalue weighted by Gasteiger charge is -2.00. The summed E-state index contributed by atoms with van der Waals surface area (Å²) in [5.74, 6) is 0. The van der Waals surface area contributed by atoms with E-state index in [4.69, 9.17) is 4.42 Å². The minimum absolute atomic E-state index is 0.823. The third kappa shape index (κ3) is 1.42. The van der Waals surface area contributed by atoms with E-state index >= 15 is 0 Å². The molecule has 0 amide bonds. The maximum atomic E-state index is 5.00. The van der Waals surface area contributed by atoms with E-state index in [0.29, 0.717) is 0 Å². The van der Waals surface area contributed by atoms with E-state index in [1.54, 1.807) is 6.26 Å². The van der Waals surface area contributed by atoms with Gasteiger partial charge in [-0.25, -0.2) is 4.98 Å². The molecular formula is C13H10N2O. The summed E-state index contributed by atoms with van der Waals surface area (Å²) in [6.45, 7) is 0. The average molecular weight is 210 g/mol. The lowest BCUT2D eigenvalue weighted by molar-refractivity contribution is 0.558. The number of aromatic amines is 1. The number of rotatable bonds is 2. The van der Waals surface area contributed by atoms with Gasteiger partial charge in [0.05, 0.1) is 5.69 Å². The second-order valence-corrected chi connectivity index (χ2v) is 3.51. The third-order valence-electron chi connectivity index (χ3n) is 2.52. The van der Waals surface area contributed by atoms with Gasteiger partial charge in [-0.3, -0.25) is 0 Å². The van der Waals surface area contributed by atoms with Crippen molar-refractivity contribution in [1.29, 1.82) is 0 Å². The summed E-state index contributed by atoms with van der Waals surface area (Å²) in [7, 11) is 0. The first kappa shape index (κ1) is 8.97. The zero-order valence-corrected chi connectivity index (χ0v) is 8.55. The summed E-state index contributed by atoms with van der Waals surface area (Å²) in [6, 6.07) is 12.2. The van der Waals surface area contributed by atoms with Crippen LogP contribution in [0.25, 0.3) is 22.5 Å². The van der Waals surface area contributed by atoms with E-state index in [9.17, 15) is 0 Å². The molecular weight excluding hydrogens is 200 g/mol. The van der Waals surface area contributed by atoms with Gasteiger partial charge in [0.2, 0.25) is 0 Å². The molecule has 2 heterocycles. The van der Waals surface area contributed by atoms with Gasteiger partial charge >= 0.3 is 0 Å². The molecule has 2 aromatic heterocycles. The molecule has 0 radical (unpaired) electrons. The highest BCUT2D eigenvalue weighted by Gasteiger charge is 2.09. The van der Waals surface area contributed by atoms with E-state index in [1.165, 1.54) is 12.0 Å². The fraction of sp³-hybridized carbons (Fsp3) is 0. The molecule has 0 fully saturated rings. The third-order valence-corrected chi connectivity index (χ3v) is 2.52. The van der Waals surface area contributed by atoms with E-state index < -0.39 is 0 Å². The topological polar surface area (TPSA) is 41.8 Å². The summed E-state index contributed by atoms with van der Waals surface area (Å²) in [5.41, 5.74) is 4.11. The molecule has 0 aliphatic rings. The molecule has 1 aromatic carbocycles. The van der Waals surface area contributed by atoms with Crippen LogP contribution in [0.1, 0.15) is 0 Å². The molecule has 0 unspecified atom stereocenters. The summed E-state index contributed by atoms with van der Waals surface area (Å²) >= 11 is 0. The van der Waals surface area contributed by atoms with Crippen LogP contribution in [0.3, 0.4) is 0 Å². The number of hydrogen-bond donors (Lipinski definition) is 1. The summed E-state index contributed by atoms with van der Waals surface area (Å²) < 4.78 is 5.00. The van der Waals surface area contributed by atoms with Crippen LogP contribution in [0.2, 0.25) is 0 Å². The van der Waals surface area contributed by atoms with Gasteiger partial charge in [-0.1, -0.05) is 30.3 Å². The molecule has 3 nitrogen and oxygen atoms in total. The van der Waals surface area contributed by atoms with Crippen molar-refractivity contribution in [3.05, 3.63) is 55.3 Å². The Kier molecular flexibility index (Phi) is 2.07. The lowest BCUT2D eigenvalue weighted by Crippen LogP contribution is -1.81. The van der Waals surface area contributed by atoms with E-state index in [1.807, 2.05) is 30.5 Å². The van der Waals surface area contributed by atoms with Crippen LogP contribution in [0, 0.1) is 0 Å². The van der Waals surface area contributed by atoms with Crippen molar-refractivity contribution in [3.8, 4) is 22.5 Å². The highest BCUT2D eigenvalue weighted by Crippen LogP contribution is 2.29. The highest BCUT2D eigenvalue weighted by molar-refractivity contribution is 5.79. The largest absolute Gasteiger partial charge is 0.451 e. The molecule has 0 saturated carbocycles. The van der Waals surface area contributed by atoms with Crippen LogP contribution >= 0.6 is 0 Å². The van der Waals surface area contributed by atoms with E-state index in [0.717, 1.165) is 17.0 Å². The minimum atomic E-state index is 0.823. The van der Waals surface area contributed by atoms with E-state index in [2.05, 4.69) is 22.1 Å². The van der Waals surface area contributed by atoms with Gasteiger partial charge in [0.15, 0.2) is 6.39 Å². The average Bonchev–Trinajstić information content (AvgIpc) is 3.01. The Morgan fingerprint density at radius 1 is 1.06 bits per heavy atom. The molecule has 0 bridgehead atoms. The molecule has 3 heteroatoms. The standard InChI is InChI=1S/C13H10N2O/c1-2-4-10(5-3-1)11-6-7-14-13(11)12-8-16-9-15-12/h1-9,14H. The molecule has 16 heavy (non-hydrogen) atoms. The molecule has 0 aliphatic carbocycles. The minimum Gasteiger partial charge on any atom is -0.451 e. The van der Waals surface area contributed by atoms with Gasteiger partial charge in [-0.2, -0.15) is 0 Å². The van der Waals surface area contributed by atoms with Crippen molar-refractivity contribution in [1.82, 2.24) is 9.97 Å². The number of hydrogen-bond acceptors (Lipinski definition) is 2. The van der Waals surface area contributed by atoms with Crippen LogP contribution in [0.5, 0.6) is 0 Å². The molecule has 3 aromatic rings. The van der Waals surface area contributed by atoms with Crippen molar-refractivity contribution in [2.24, 2.45) is 0 Å².